The van der Waals surface area contributed by atoms with Crippen LogP contribution in [-0.4, -0.2) is 22.8 Å². The van der Waals surface area contributed by atoms with Crippen LogP contribution in [0.2, 0.25) is 0 Å². The van der Waals surface area contributed by atoms with Crippen LogP contribution in [0.15, 0.2) is 36.5 Å². The Balaban J connectivity index is 1.73. The molecule has 0 unspecified atom stereocenters. The third kappa shape index (κ3) is 3.68. The summed E-state index contributed by atoms with van der Waals surface area (Å²) in [6.45, 7) is 0. The van der Waals surface area contributed by atoms with Gasteiger partial charge in [-0.2, -0.15) is 0 Å². The number of nitrogens with one attached hydrogen (secondary N) is 2. The number of aromatic nitrogens is 1. The van der Waals surface area contributed by atoms with Gasteiger partial charge in [0.05, 0.1) is 0 Å². The van der Waals surface area contributed by atoms with E-state index >= 15 is 0 Å². The van der Waals surface area contributed by atoms with Crippen molar-refractivity contribution in [3.05, 3.63) is 59.4 Å². The molecule has 5 nitrogen and oxygen atoms in total. The molecule has 1 aromatic carbocycles. The van der Waals surface area contributed by atoms with Crippen LogP contribution in [0.5, 0.6) is 0 Å². The predicted molar refractivity (Wildman–Crippen MR) is 79.0 cm³/mol. The van der Waals surface area contributed by atoms with Gasteiger partial charge in [0.15, 0.2) is 11.6 Å². The lowest BCUT2D eigenvalue weighted by atomic mass is 10.2. The average Bonchev–Trinajstić information content (AvgIpc) is 3.35. The molecule has 0 bridgehead atoms. The molecule has 2 amide bonds. The lowest BCUT2D eigenvalue weighted by molar-refractivity contribution is 0.0946. The van der Waals surface area contributed by atoms with Gasteiger partial charge in [-0.3, -0.25) is 14.6 Å². The van der Waals surface area contributed by atoms with E-state index in [0.717, 1.165) is 25.0 Å². The number of amides is 2. The van der Waals surface area contributed by atoms with Crippen molar-refractivity contribution in [1.29, 1.82) is 0 Å². The normalized spacial score (nSPS) is 13.5. The number of hydrogen-bond acceptors (Lipinski definition) is 3. The second-order valence-electron chi connectivity index (χ2n) is 5.26. The number of carbonyl (C=O) groups is 2. The van der Waals surface area contributed by atoms with Gasteiger partial charge in [-0.1, -0.05) is 0 Å². The van der Waals surface area contributed by atoms with Gasteiger partial charge in [0.25, 0.3) is 11.8 Å². The first-order chi connectivity index (χ1) is 11.0. The predicted octanol–water partition coefficient (Wildman–Crippen LogP) is 2.50. The third-order valence-electron chi connectivity index (χ3n) is 3.34. The van der Waals surface area contributed by atoms with E-state index < -0.39 is 17.5 Å². The highest BCUT2D eigenvalue weighted by molar-refractivity contribution is 6.05. The molecule has 1 aromatic heterocycles. The number of nitrogens with zero attached hydrogens (tertiary/aromatic N) is 1. The summed E-state index contributed by atoms with van der Waals surface area (Å²) in [5, 5.41) is 5.22. The van der Waals surface area contributed by atoms with Crippen molar-refractivity contribution in [2.24, 2.45) is 0 Å². The zero-order chi connectivity index (χ0) is 16.4. The summed E-state index contributed by atoms with van der Waals surface area (Å²) in [5.74, 6) is -2.93. The Kier molecular flexibility index (Phi) is 4.01. The molecule has 0 radical (unpaired) electrons. The van der Waals surface area contributed by atoms with Crippen molar-refractivity contribution in [2.45, 2.75) is 18.9 Å². The standard InChI is InChI=1S/C16H13F2N3O2/c17-12-4-3-11(8-13(12)18)21-15(22)9-5-6-19-14(7-9)16(23)20-10-1-2-10/h3-8,10H,1-2H2,(H,20,23)(H,21,22). The highest BCUT2D eigenvalue weighted by Gasteiger charge is 2.24. The van der Waals surface area contributed by atoms with E-state index in [0.29, 0.717) is 0 Å². The van der Waals surface area contributed by atoms with E-state index in [1.54, 1.807) is 0 Å². The summed E-state index contributed by atoms with van der Waals surface area (Å²) >= 11 is 0. The number of halogens is 2. The number of hydrogen-bond donors (Lipinski definition) is 2. The summed E-state index contributed by atoms with van der Waals surface area (Å²) in [6.07, 6.45) is 3.24. The van der Waals surface area contributed by atoms with Gasteiger partial charge >= 0.3 is 0 Å². The van der Waals surface area contributed by atoms with Crippen LogP contribution >= 0.6 is 0 Å². The van der Waals surface area contributed by atoms with Crippen molar-refractivity contribution >= 4 is 17.5 Å². The van der Waals surface area contributed by atoms with Gasteiger partial charge in [0.2, 0.25) is 0 Å². The highest BCUT2D eigenvalue weighted by atomic mass is 19.2. The first-order valence-electron chi connectivity index (χ1n) is 7.06. The van der Waals surface area contributed by atoms with E-state index in [-0.39, 0.29) is 28.9 Å². The van der Waals surface area contributed by atoms with Gasteiger partial charge in [-0.05, 0) is 37.1 Å². The molecule has 1 heterocycles. The van der Waals surface area contributed by atoms with Gasteiger partial charge < -0.3 is 10.6 Å². The second-order valence-corrected chi connectivity index (χ2v) is 5.26. The van der Waals surface area contributed by atoms with Crippen LogP contribution in [-0.2, 0) is 0 Å². The number of benzene rings is 1. The largest absolute Gasteiger partial charge is 0.348 e. The Bertz CT molecular complexity index is 776. The summed E-state index contributed by atoms with van der Waals surface area (Å²) in [7, 11) is 0. The van der Waals surface area contributed by atoms with E-state index in [1.165, 1.54) is 24.4 Å². The van der Waals surface area contributed by atoms with Crippen LogP contribution in [0.4, 0.5) is 14.5 Å². The van der Waals surface area contributed by atoms with E-state index in [2.05, 4.69) is 15.6 Å². The summed E-state index contributed by atoms with van der Waals surface area (Å²) in [4.78, 5) is 28.0. The molecule has 0 saturated heterocycles. The molecule has 118 valence electrons. The molecule has 0 aliphatic heterocycles. The SMILES string of the molecule is O=C(Nc1ccc(F)c(F)c1)c1ccnc(C(=O)NC2CC2)c1. The van der Waals surface area contributed by atoms with Crippen molar-refractivity contribution in [1.82, 2.24) is 10.3 Å². The topological polar surface area (TPSA) is 71.1 Å². The number of rotatable bonds is 4. The maximum absolute atomic E-state index is 13.1. The molecular weight excluding hydrogens is 304 g/mol. The lowest BCUT2D eigenvalue weighted by Gasteiger charge is -2.07. The summed E-state index contributed by atoms with van der Waals surface area (Å²) < 4.78 is 26.0. The van der Waals surface area contributed by atoms with Gasteiger partial charge in [0.1, 0.15) is 5.69 Å². The minimum absolute atomic E-state index is 0.120. The van der Waals surface area contributed by atoms with Crippen molar-refractivity contribution < 1.29 is 18.4 Å². The minimum Gasteiger partial charge on any atom is -0.348 e. The molecule has 1 saturated carbocycles. The Hall–Kier alpha value is -2.83. The van der Waals surface area contributed by atoms with Crippen LogP contribution < -0.4 is 10.6 Å². The molecule has 1 aliphatic rings. The Morgan fingerprint density at radius 2 is 1.83 bits per heavy atom. The quantitative estimate of drug-likeness (QED) is 0.910. The van der Waals surface area contributed by atoms with Crippen LogP contribution in [0.25, 0.3) is 0 Å². The monoisotopic (exact) mass is 317 g/mol. The smallest absolute Gasteiger partial charge is 0.270 e. The molecule has 1 aliphatic carbocycles. The van der Waals surface area contributed by atoms with Gasteiger partial charge in [0, 0.05) is 29.6 Å². The molecule has 2 N–H and O–H groups in total. The van der Waals surface area contributed by atoms with Gasteiger partial charge in [-0.25, -0.2) is 8.78 Å². The van der Waals surface area contributed by atoms with E-state index in [4.69, 9.17) is 0 Å². The third-order valence-corrected chi connectivity index (χ3v) is 3.34. The fourth-order valence-electron chi connectivity index (χ4n) is 1.96. The molecule has 1 fully saturated rings. The van der Waals surface area contributed by atoms with Crippen LogP contribution in [0.3, 0.4) is 0 Å². The second kappa shape index (κ2) is 6.12. The Labute approximate surface area is 130 Å². The first-order valence-corrected chi connectivity index (χ1v) is 7.06. The summed E-state index contributed by atoms with van der Waals surface area (Å²) in [5.41, 5.74) is 0.454. The van der Waals surface area contributed by atoms with Crippen molar-refractivity contribution in [2.75, 3.05) is 5.32 Å². The summed E-state index contributed by atoms with van der Waals surface area (Å²) in [6, 6.07) is 6.03. The molecule has 0 spiro atoms. The molecule has 7 heteroatoms. The van der Waals surface area contributed by atoms with E-state index in [1.807, 2.05) is 0 Å². The molecule has 3 rings (SSSR count). The Morgan fingerprint density at radius 3 is 2.52 bits per heavy atom. The van der Waals surface area contributed by atoms with Crippen LogP contribution in [0, 0.1) is 11.6 Å². The molecule has 0 atom stereocenters. The number of carbonyl (C=O) groups excluding carboxylic acids is 2. The van der Waals surface area contributed by atoms with Gasteiger partial charge in [-0.15, -0.1) is 0 Å². The number of pyridine rings is 1. The lowest BCUT2D eigenvalue weighted by Crippen LogP contribution is -2.26. The average molecular weight is 317 g/mol. The maximum Gasteiger partial charge on any atom is 0.270 e. The minimum atomic E-state index is -1.05. The van der Waals surface area contributed by atoms with Crippen molar-refractivity contribution in [3.63, 3.8) is 0 Å². The Morgan fingerprint density at radius 1 is 1.04 bits per heavy atom. The highest BCUT2D eigenvalue weighted by Crippen LogP contribution is 2.19. The fraction of sp³-hybridized carbons (Fsp3) is 0.188. The van der Waals surface area contributed by atoms with Crippen LogP contribution in [0.1, 0.15) is 33.7 Å². The zero-order valence-electron chi connectivity index (χ0n) is 12.0. The van der Waals surface area contributed by atoms with E-state index in [9.17, 15) is 18.4 Å². The molecule has 23 heavy (non-hydrogen) atoms. The maximum atomic E-state index is 13.1. The fourth-order valence-corrected chi connectivity index (χ4v) is 1.96. The first kappa shape index (κ1) is 15.1. The molecule has 2 aromatic rings. The van der Waals surface area contributed by atoms with Crippen molar-refractivity contribution in [3.8, 4) is 0 Å². The number of anilines is 1. The molecular formula is C16H13F2N3O2. The zero-order valence-corrected chi connectivity index (χ0v) is 12.0.